The topological polar surface area (TPSA) is 109 Å². The van der Waals surface area contributed by atoms with Gasteiger partial charge in [0.2, 0.25) is 0 Å². The molecule has 0 saturated carbocycles. The number of rotatable bonds is 3. The zero-order chi connectivity index (χ0) is 15.1. The van der Waals surface area contributed by atoms with Crippen LogP contribution in [0.1, 0.15) is 13.8 Å². The Kier molecular flexibility index (Phi) is 3.53. The number of hydrogen-bond acceptors (Lipinski definition) is 4. The average molecular weight is 298 g/mol. The van der Waals surface area contributed by atoms with E-state index in [9.17, 15) is 18.0 Å². The third-order valence-electron chi connectivity index (χ3n) is 2.80. The van der Waals surface area contributed by atoms with Crippen LogP contribution in [0.4, 0.5) is 0 Å². The molecular formula is C12H14N2O5S. The van der Waals surface area contributed by atoms with Crippen LogP contribution in [0.25, 0.3) is 10.9 Å². The first-order valence-corrected chi connectivity index (χ1v) is 7.38. The van der Waals surface area contributed by atoms with Crippen LogP contribution >= 0.6 is 0 Å². The normalized spacial score (nSPS) is 12.2. The highest BCUT2D eigenvalue weighted by Crippen LogP contribution is 2.13. The number of H-pyrrole nitrogens is 1. The van der Waals surface area contributed by atoms with Gasteiger partial charge in [-0.25, -0.2) is 4.79 Å². The predicted octanol–water partition coefficient (Wildman–Crippen LogP) is 0.593. The predicted molar refractivity (Wildman–Crippen MR) is 73.5 cm³/mol. The molecule has 20 heavy (non-hydrogen) atoms. The molecule has 8 heteroatoms. The van der Waals surface area contributed by atoms with Gasteiger partial charge in [0.15, 0.2) is 0 Å². The van der Waals surface area contributed by atoms with E-state index in [1.54, 1.807) is 0 Å². The van der Waals surface area contributed by atoms with Crippen molar-refractivity contribution >= 4 is 21.0 Å². The van der Waals surface area contributed by atoms with Crippen molar-refractivity contribution in [2.45, 2.75) is 25.3 Å². The SMILES string of the molecule is CC(C)Cn1c(=O)[nH]c2ccc(S(=O)(=O)O)cc2c1=O. The smallest absolute Gasteiger partial charge is 0.307 e. The van der Waals surface area contributed by atoms with Crippen LogP contribution in [0.2, 0.25) is 0 Å². The third-order valence-corrected chi connectivity index (χ3v) is 3.65. The molecule has 0 fully saturated rings. The van der Waals surface area contributed by atoms with Crippen LogP contribution in [0.5, 0.6) is 0 Å². The van der Waals surface area contributed by atoms with E-state index in [4.69, 9.17) is 4.55 Å². The molecule has 0 bridgehead atoms. The van der Waals surface area contributed by atoms with Crippen molar-refractivity contribution in [2.24, 2.45) is 5.92 Å². The number of fused-ring (bicyclic) bond motifs is 1. The molecule has 0 spiro atoms. The number of aromatic amines is 1. The third kappa shape index (κ3) is 2.66. The summed E-state index contributed by atoms with van der Waals surface area (Å²) in [6.45, 7) is 3.93. The van der Waals surface area contributed by atoms with E-state index in [2.05, 4.69) is 4.98 Å². The summed E-state index contributed by atoms with van der Waals surface area (Å²) in [5, 5.41) is 0.0420. The Hall–Kier alpha value is -1.93. The van der Waals surface area contributed by atoms with Crippen molar-refractivity contribution in [1.29, 1.82) is 0 Å². The number of benzene rings is 1. The van der Waals surface area contributed by atoms with Crippen LogP contribution in [0.3, 0.4) is 0 Å². The lowest BCUT2D eigenvalue weighted by Crippen LogP contribution is -2.36. The quantitative estimate of drug-likeness (QED) is 0.806. The summed E-state index contributed by atoms with van der Waals surface area (Å²) >= 11 is 0. The van der Waals surface area contributed by atoms with E-state index in [0.29, 0.717) is 0 Å². The Morgan fingerprint density at radius 2 is 1.95 bits per heavy atom. The molecule has 2 rings (SSSR count). The molecule has 0 radical (unpaired) electrons. The molecule has 1 aromatic carbocycles. The van der Waals surface area contributed by atoms with Crippen LogP contribution in [0, 0.1) is 5.92 Å². The van der Waals surface area contributed by atoms with Gasteiger partial charge in [-0.1, -0.05) is 13.8 Å². The maximum absolute atomic E-state index is 12.2. The van der Waals surface area contributed by atoms with Crippen molar-refractivity contribution in [1.82, 2.24) is 9.55 Å². The monoisotopic (exact) mass is 298 g/mol. The van der Waals surface area contributed by atoms with Gasteiger partial charge in [-0.3, -0.25) is 13.9 Å². The molecule has 1 heterocycles. The molecule has 2 aromatic rings. The summed E-state index contributed by atoms with van der Waals surface area (Å²) in [5.74, 6) is 0.0796. The summed E-state index contributed by atoms with van der Waals surface area (Å²) in [7, 11) is -4.40. The second-order valence-electron chi connectivity index (χ2n) is 4.92. The molecule has 0 atom stereocenters. The van der Waals surface area contributed by atoms with E-state index >= 15 is 0 Å². The molecular weight excluding hydrogens is 284 g/mol. The van der Waals surface area contributed by atoms with Crippen LogP contribution in [-0.2, 0) is 16.7 Å². The van der Waals surface area contributed by atoms with Gasteiger partial charge in [0.1, 0.15) is 0 Å². The standard InChI is InChI=1S/C12H14N2O5S/c1-7(2)6-14-11(15)9-5-8(20(17,18)19)3-4-10(9)13-12(14)16/h3-5,7H,6H2,1-2H3,(H,13,16)(H,17,18,19). The lowest BCUT2D eigenvalue weighted by molar-refractivity contribution is 0.483. The molecule has 7 nitrogen and oxygen atoms in total. The zero-order valence-electron chi connectivity index (χ0n) is 11.0. The van der Waals surface area contributed by atoms with Gasteiger partial charge >= 0.3 is 5.69 Å². The lowest BCUT2D eigenvalue weighted by atomic mass is 10.2. The molecule has 0 aliphatic carbocycles. The highest BCUT2D eigenvalue weighted by Gasteiger charge is 2.14. The first-order valence-electron chi connectivity index (χ1n) is 5.94. The molecule has 0 aliphatic rings. The number of nitrogens with one attached hydrogen (secondary N) is 1. The molecule has 0 saturated heterocycles. The van der Waals surface area contributed by atoms with Gasteiger partial charge in [-0.05, 0) is 24.1 Å². The van der Waals surface area contributed by atoms with Crippen molar-refractivity contribution in [2.75, 3.05) is 0 Å². The van der Waals surface area contributed by atoms with Crippen LogP contribution < -0.4 is 11.2 Å². The van der Waals surface area contributed by atoms with E-state index in [1.165, 1.54) is 6.07 Å². The van der Waals surface area contributed by atoms with E-state index in [-0.39, 0.29) is 28.3 Å². The largest absolute Gasteiger partial charge is 0.328 e. The minimum Gasteiger partial charge on any atom is -0.307 e. The van der Waals surface area contributed by atoms with Gasteiger partial charge in [0, 0.05) is 6.54 Å². The highest BCUT2D eigenvalue weighted by atomic mass is 32.2. The van der Waals surface area contributed by atoms with E-state index in [0.717, 1.165) is 16.7 Å². The molecule has 0 amide bonds. The van der Waals surface area contributed by atoms with E-state index in [1.807, 2.05) is 13.8 Å². The van der Waals surface area contributed by atoms with Crippen molar-refractivity contribution in [3.63, 3.8) is 0 Å². The maximum atomic E-state index is 12.2. The molecule has 108 valence electrons. The fourth-order valence-electron chi connectivity index (χ4n) is 1.92. The summed E-state index contributed by atoms with van der Waals surface area (Å²) < 4.78 is 32.2. The highest BCUT2D eigenvalue weighted by molar-refractivity contribution is 7.85. The molecule has 1 aromatic heterocycles. The zero-order valence-corrected chi connectivity index (χ0v) is 11.8. The summed E-state index contributed by atoms with van der Waals surface area (Å²) in [5.41, 5.74) is -0.897. The Bertz CT molecular complexity index is 877. The van der Waals surface area contributed by atoms with E-state index < -0.39 is 21.4 Å². The van der Waals surface area contributed by atoms with Crippen molar-refractivity contribution < 1.29 is 13.0 Å². The minimum atomic E-state index is -4.40. The number of aromatic nitrogens is 2. The Morgan fingerprint density at radius 1 is 1.30 bits per heavy atom. The molecule has 0 aliphatic heterocycles. The van der Waals surface area contributed by atoms with Crippen molar-refractivity contribution in [3.8, 4) is 0 Å². The Labute approximate surface area is 114 Å². The molecule has 0 unspecified atom stereocenters. The first kappa shape index (κ1) is 14.5. The second-order valence-corrected chi connectivity index (χ2v) is 6.34. The Balaban J connectivity index is 2.81. The number of nitrogens with zero attached hydrogens (tertiary/aromatic N) is 1. The van der Waals surface area contributed by atoms with Gasteiger partial charge in [0.25, 0.3) is 15.7 Å². The van der Waals surface area contributed by atoms with Crippen LogP contribution in [0.15, 0.2) is 32.7 Å². The summed E-state index contributed by atoms with van der Waals surface area (Å²) in [4.78, 5) is 26.2. The van der Waals surface area contributed by atoms with Gasteiger partial charge in [-0.2, -0.15) is 8.42 Å². The first-order chi connectivity index (χ1) is 9.20. The van der Waals surface area contributed by atoms with Gasteiger partial charge in [-0.15, -0.1) is 0 Å². The number of hydrogen-bond donors (Lipinski definition) is 2. The molecule has 2 N–H and O–H groups in total. The second kappa shape index (κ2) is 4.88. The summed E-state index contributed by atoms with van der Waals surface area (Å²) in [6.07, 6.45) is 0. The van der Waals surface area contributed by atoms with Crippen molar-refractivity contribution in [3.05, 3.63) is 39.0 Å². The van der Waals surface area contributed by atoms with Crippen LogP contribution in [-0.4, -0.2) is 22.5 Å². The average Bonchev–Trinajstić information content (AvgIpc) is 2.32. The summed E-state index contributed by atoms with van der Waals surface area (Å²) in [6, 6.07) is 3.46. The fourth-order valence-corrected chi connectivity index (χ4v) is 2.43. The maximum Gasteiger partial charge on any atom is 0.328 e. The Morgan fingerprint density at radius 3 is 2.50 bits per heavy atom. The van der Waals surface area contributed by atoms with Gasteiger partial charge in [0.05, 0.1) is 15.8 Å². The minimum absolute atomic E-state index is 0.0420. The van der Waals surface area contributed by atoms with Gasteiger partial charge < -0.3 is 4.98 Å². The fraction of sp³-hybridized carbons (Fsp3) is 0.333. The lowest BCUT2D eigenvalue weighted by Gasteiger charge is -2.09.